The van der Waals surface area contributed by atoms with Gasteiger partial charge in [-0.15, -0.1) is 0 Å². The fourth-order valence-electron chi connectivity index (χ4n) is 1.76. The fourth-order valence-corrected chi connectivity index (χ4v) is 3.31. The predicted molar refractivity (Wildman–Crippen MR) is 79.5 cm³/mol. The Labute approximate surface area is 165 Å². The first-order chi connectivity index (χ1) is 8.60. The van der Waals surface area contributed by atoms with Gasteiger partial charge in [-0.05, 0) is 17.5 Å². The Morgan fingerprint density at radius 3 is 1.81 bits per heavy atom. The Morgan fingerprint density at radius 2 is 1.33 bits per heavy atom. The summed E-state index contributed by atoms with van der Waals surface area (Å²) in [6.07, 6.45) is 0. The van der Waals surface area contributed by atoms with Gasteiger partial charge in [-0.25, -0.2) is 0 Å². The van der Waals surface area contributed by atoms with Crippen molar-refractivity contribution in [3.8, 4) is 5.75 Å². The van der Waals surface area contributed by atoms with E-state index < -0.39 is 35.8 Å². The number of hydrogen-bond acceptors (Lipinski definition) is 5. The first kappa shape index (κ1) is 21.3. The van der Waals surface area contributed by atoms with Gasteiger partial charge in [0.1, 0.15) is 15.5 Å². The monoisotopic (exact) mass is 352 g/mol. The normalized spacial score (nSPS) is 11.5. The van der Waals surface area contributed by atoms with Gasteiger partial charge in [0, 0.05) is 11.5 Å². The van der Waals surface area contributed by atoms with Crippen LogP contribution in [0.15, 0.2) is 40.1 Å². The summed E-state index contributed by atoms with van der Waals surface area (Å²) in [4.78, 5) is -1.46. The van der Waals surface area contributed by atoms with Crippen LogP contribution in [0.25, 0.3) is 10.8 Å². The quantitative estimate of drug-likeness (QED) is 0.502. The zero-order chi connectivity index (χ0) is 14.4. The van der Waals surface area contributed by atoms with Crippen molar-refractivity contribution >= 4 is 90.1 Å². The summed E-state index contributed by atoms with van der Waals surface area (Å²) in [6.45, 7) is 0. The molecule has 0 fully saturated rings. The second-order valence-electron chi connectivity index (χ2n) is 3.75. The van der Waals surface area contributed by atoms with Gasteiger partial charge in [-0.3, -0.25) is 9.11 Å². The molecule has 0 aliphatic carbocycles. The standard InChI is InChI=1S/C10H8O7S2.2Na.2H/c11-7-4-6-2-1-3-8(18(12,13)14)10(6)9(5-7)19(15,16)17;;;;/h1-5,11H,(H,12,13,14)(H,15,16,17);;;;. The molecule has 11 heteroatoms. The third kappa shape index (κ3) is 4.64. The van der Waals surface area contributed by atoms with Crippen molar-refractivity contribution in [3.63, 3.8) is 0 Å². The Bertz CT molecular complexity index is 876. The Balaban J connectivity index is 0.00000200. The van der Waals surface area contributed by atoms with Crippen molar-refractivity contribution in [1.82, 2.24) is 0 Å². The molecule has 0 heterocycles. The van der Waals surface area contributed by atoms with Gasteiger partial charge in [0.25, 0.3) is 20.2 Å². The molecule has 0 aliphatic heterocycles. The minimum atomic E-state index is -4.77. The first-order valence-electron chi connectivity index (χ1n) is 4.81. The summed E-state index contributed by atoms with van der Waals surface area (Å²) in [7, 11) is -9.45. The maximum atomic E-state index is 11.2. The minimum absolute atomic E-state index is 0. The van der Waals surface area contributed by atoms with E-state index in [2.05, 4.69) is 0 Å². The SMILES string of the molecule is O=S(=O)(O)c1cccc2cc(O)cc(S(=O)(=O)O)c12.[NaH].[NaH]. The summed E-state index contributed by atoms with van der Waals surface area (Å²) in [5.41, 5.74) is 0. The molecule has 2 rings (SSSR count). The molecule has 0 aliphatic rings. The number of aromatic hydroxyl groups is 1. The van der Waals surface area contributed by atoms with E-state index in [0.29, 0.717) is 6.07 Å². The zero-order valence-electron chi connectivity index (χ0n) is 9.18. The summed E-state index contributed by atoms with van der Waals surface area (Å²) in [6, 6.07) is 5.39. The molecule has 0 unspecified atom stereocenters. The maximum absolute atomic E-state index is 11.2. The molecule has 0 saturated carbocycles. The second kappa shape index (κ2) is 7.26. The van der Waals surface area contributed by atoms with Crippen LogP contribution in [0.3, 0.4) is 0 Å². The fraction of sp³-hybridized carbons (Fsp3) is 0. The Hall–Kier alpha value is 0.320. The molecule has 0 saturated heterocycles. The van der Waals surface area contributed by atoms with Gasteiger partial charge in [0.05, 0.1) is 0 Å². The van der Waals surface area contributed by atoms with E-state index in [1.54, 1.807) is 0 Å². The van der Waals surface area contributed by atoms with Crippen LogP contribution in [0.2, 0.25) is 0 Å². The number of hydrogen-bond donors (Lipinski definition) is 3. The van der Waals surface area contributed by atoms with Crippen LogP contribution in [0, 0.1) is 0 Å². The van der Waals surface area contributed by atoms with E-state index in [0.717, 1.165) is 12.1 Å². The molecule has 21 heavy (non-hydrogen) atoms. The third-order valence-corrected chi connectivity index (χ3v) is 4.22. The van der Waals surface area contributed by atoms with Crippen molar-refractivity contribution in [2.75, 3.05) is 0 Å². The molecule has 0 aromatic heterocycles. The van der Waals surface area contributed by atoms with Gasteiger partial charge in [0.15, 0.2) is 0 Å². The van der Waals surface area contributed by atoms with E-state index >= 15 is 0 Å². The number of phenols is 1. The van der Waals surface area contributed by atoms with Crippen LogP contribution >= 0.6 is 0 Å². The van der Waals surface area contributed by atoms with Crippen LogP contribution in [0.5, 0.6) is 5.75 Å². The van der Waals surface area contributed by atoms with Gasteiger partial charge in [-0.2, -0.15) is 16.8 Å². The average molecular weight is 352 g/mol. The molecular formula is C10H10Na2O7S2. The van der Waals surface area contributed by atoms with Crippen LogP contribution in [-0.2, 0) is 20.2 Å². The Kier molecular flexibility index (Phi) is 7.37. The van der Waals surface area contributed by atoms with Crippen molar-refractivity contribution in [2.24, 2.45) is 0 Å². The summed E-state index contributed by atoms with van der Waals surface area (Å²) >= 11 is 0. The van der Waals surface area contributed by atoms with E-state index in [1.165, 1.54) is 12.1 Å². The van der Waals surface area contributed by atoms with Gasteiger partial charge < -0.3 is 5.11 Å². The van der Waals surface area contributed by atoms with Gasteiger partial charge >= 0.3 is 59.1 Å². The predicted octanol–water partition coefficient (Wildman–Crippen LogP) is -0.258. The molecule has 0 amide bonds. The van der Waals surface area contributed by atoms with Gasteiger partial charge in [-0.1, -0.05) is 12.1 Å². The van der Waals surface area contributed by atoms with Crippen molar-refractivity contribution in [1.29, 1.82) is 0 Å². The molecule has 0 radical (unpaired) electrons. The molecule has 106 valence electrons. The summed E-state index contributed by atoms with van der Waals surface area (Å²) in [5.74, 6) is -0.465. The van der Waals surface area contributed by atoms with Crippen LogP contribution in [-0.4, -0.2) is 90.2 Å². The van der Waals surface area contributed by atoms with Crippen molar-refractivity contribution in [2.45, 2.75) is 9.79 Å². The zero-order valence-corrected chi connectivity index (χ0v) is 10.8. The molecule has 3 N–H and O–H groups in total. The number of fused-ring (bicyclic) bond motifs is 1. The second-order valence-corrected chi connectivity index (χ2v) is 6.53. The summed E-state index contributed by atoms with van der Waals surface area (Å²) in [5, 5.41) is 9.04. The third-order valence-electron chi connectivity index (χ3n) is 2.44. The average Bonchev–Trinajstić information content (AvgIpc) is 2.24. The molecule has 7 nitrogen and oxygen atoms in total. The van der Waals surface area contributed by atoms with E-state index in [9.17, 15) is 21.9 Å². The molecule has 2 aromatic carbocycles. The number of rotatable bonds is 2. The van der Waals surface area contributed by atoms with E-state index in [1.807, 2.05) is 0 Å². The molecule has 2 aromatic rings. The van der Waals surface area contributed by atoms with E-state index in [-0.39, 0.29) is 69.9 Å². The van der Waals surface area contributed by atoms with Crippen molar-refractivity contribution < 1.29 is 31.0 Å². The Morgan fingerprint density at radius 1 is 0.810 bits per heavy atom. The summed E-state index contributed by atoms with van der Waals surface area (Å²) < 4.78 is 63.1. The topological polar surface area (TPSA) is 129 Å². The van der Waals surface area contributed by atoms with Crippen LogP contribution in [0.4, 0.5) is 0 Å². The van der Waals surface area contributed by atoms with Crippen molar-refractivity contribution in [3.05, 3.63) is 30.3 Å². The number of phenolic OH excluding ortho intramolecular Hbond substituents is 1. The molecule has 0 spiro atoms. The first-order valence-corrected chi connectivity index (χ1v) is 7.69. The van der Waals surface area contributed by atoms with Gasteiger partial charge in [0.2, 0.25) is 0 Å². The molecule has 0 atom stereocenters. The van der Waals surface area contributed by atoms with Crippen LogP contribution in [0.1, 0.15) is 0 Å². The number of benzene rings is 2. The van der Waals surface area contributed by atoms with Crippen LogP contribution < -0.4 is 0 Å². The molecular weight excluding hydrogens is 342 g/mol. The van der Waals surface area contributed by atoms with E-state index in [4.69, 9.17) is 9.11 Å². The molecule has 0 bridgehead atoms.